The molecule has 0 fully saturated rings. The van der Waals surface area contributed by atoms with Crippen molar-refractivity contribution in [2.24, 2.45) is 5.73 Å². The molecule has 1 aromatic rings. The highest BCUT2D eigenvalue weighted by Crippen LogP contribution is 2.01. The van der Waals surface area contributed by atoms with Gasteiger partial charge in [0.2, 0.25) is 0 Å². The van der Waals surface area contributed by atoms with Gasteiger partial charge in [0.1, 0.15) is 0 Å². The van der Waals surface area contributed by atoms with E-state index in [0.717, 1.165) is 31.0 Å². The summed E-state index contributed by atoms with van der Waals surface area (Å²) in [6.07, 6.45) is 1.05. The molecular formula is C12H21N3O. The van der Waals surface area contributed by atoms with Crippen LogP contribution < -0.4 is 5.73 Å². The summed E-state index contributed by atoms with van der Waals surface area (Å²) >= 11 is 0. The Balaban J connectivity index is 2.21. The van der Waals surface area contributed by atoms with Crippen LogP contribution in [0.1, 0.15) is 17.8 Å². The molecule has 0 atom stereocenters. The minimum Gasteiger partial charge on any atom is -0.375 e. The molecule has 90 valence electrons. The number of nitrogens with zero attached hydrogens (tertiary/aromatic N) is 2. The van der Waals surface area contributed by atoms with Crippen molar-refractivity contribution in [3.63, 3.8) is 0 Å². The average molecular weight is 223 g/mol. The van der Waals surface area contributed by atoms with Gasteiger partial charge in [0.15, 0.2) is 0 Å². The molecule has 0 radical (unpaired) electrons. The van der Waals surface area contributed by atoms with Crippen molar-refractivity contribution >= 4 is 0 Å². The van der Waals surface area contributed by atoms with Crippen molar-refractivity contribution in [3.05, 3.63) is 29.6 Å². The van der Waals surface area contributed by atoms with Gasteiger partial charge in [-0.15, -0.1) is 0 Å². The number of ether oxygens (including phenoxy) is 1. The molecule has 1 rings (SSSR count). The van der Waals surface area contributed by atoms with Crippen molar-refractivity contribution in [1.29, 1.82) is 0 Å². The third-order valence-corrected chi connectivity index (χ3v) is 2.22. The zero-order valence-corrected chi connectivity index (χ0v) is 10.1. The highest BCUT2D eigenvalue weighted by atomic mass is 16.5. The summed E-state index contributed by atoms with van der Waals surface area (Å²) in [7, 11) is 4.12. The highest BCUT2D eigenvalue weighted by Gasteiger charge is 1.97. The number of hydrogen-bond acceptors (Lipinski definition) is 4. The van der Waals surface area contributed by atoms with Crippen molar-refractivity contribution < 1.29 is 4.74 Å². The van der Waals surface area contributed by atoms with Crippen molar-refractivity contribution in [1.82, 2.24) is 9.88 Å². The normalized spacial score (nSPS) is 11.0. The van der Waals surface area contributed by atoms with Gasteiger partial charge >= 0.3 is 0 Å². The first kappa shape index (κ1) is 13.1. The molecule has 0 bridgehead atoms. The first-order chi connectivity index (χ1) is 7.72. The Morgan fingerprint density at radius 3 is 2.75 bits per heavy atom. The van der Waals surface area contributed by atoms with E-state index in [-0.39, 0.29) is 0 Å². The third kappa shape index (κ3) is 5.21. The van der Waals surface area contributed by atoms with Gasteiger partial charge in [-0.2, -0.15) is 0 Å². The predicted molar refractivity (Wildman–Crippen MR) is 65.0 cm³/mol. The molecule has 0 saturated carbocycles. The summed E-state index contributed by atoms with van der Waals surface area (Å²) < 4.78 is 5.54. The number of pyridine rings is 1. The quantitative estimate of drug-likeness (QED) is 0.701. The zero-order chi connectivity index (χ0) is 11.8. The van der Waals surface area contributed by atoms with Crippen LogP contribution in [0, 0.1) is 0 Å². The molecule has 0 aliphatic carbocycles. The van der Waals surface area contributed by atoms with Crippen LogP contribution in [0.2, 0.25) is 0 Å². The topological polar surface area (TPSA) is 51.4 Å². The lowest BCUT2D eigenvalue weighted by atomic mass is 10.3. The molecule has 0 spiro atoms. The molecule has 0 amide bonds. The highest BCUT2D eigenvalue weighted by molar-refractivity contribution is 5.10. The average Bonchev–Trinajstić information content (AvgIpc) is 2.28. The molecule has 1 heterocycles. The van der Waals surface area contributed by atoms with Crippen LogP contribution in [0.3, 0.4) is 0 Å². The smallest absolute Gasteiger partial charge is 0.0887 e. The Bertz CT molecular complexity index is 302. The Labute approximate surface area is 97.4 Å². The summed E-state index contributed by atoms with van der Waals surface area (Å²) in [6, 6.07) is 5.86. The molecule has 0 aromatic carbocycles. The van der Waals surface area contributed by atoms with E-state index in [9.17, 15) is 0 Å². The molecule has 0 aliphatic rings. The Morgan fingerprint density at radius 1 is 1.31 bits per heavy atom. The summed E-state index contributed by atoms with van der Waals surface area (Å²) in [5.74, 6) is 0. The zero-order valence-electron chi connectivity index (χ0n) is 10.1. The molecule has 0 aliphatic heterocycles. The maximum absolute atomic E-state index is 5.54. The van der Waals surface area contributed by atoms with Gasteiger partial charge in [-0.3, -0.25) is 4.98 Å². The van der Waals surface area contributed by atoms with E-state index >= 15 is 0 Å². The van der Waals surface area contributed by atoms with E-state index in [1.165, 1.54) is 0 Å². The fourth-order valence-corrected chi connectivity index (χ4v) is 1.38. The first-order valence-electron chi connectivity index (χ1n) is 5.59. The van der Waals surface area contributed by atoms with Gasteiger partial charge in [-0.25, -0.2) is 0 Å². The maximum atomic E-state index is 5.54. The maximum Gasteiger partial charge on any atom is 0.0887 e. The van der Waals surface area contributed by atoms with Crippen LogP contribution >= 0.6 is 0 Å². The first-order valence-corrected chi connectivity index (χ1v) is 5.59. The van der Waals surface area contributed by atoms with Crippen molar-refractivity contribution in [2.45, 2.75) is 19.6 Å². The van der Waals surface area contributed by atoms with E-state index in [2.05, 4.69) is 24.0 Å². The number of nitrogens with two attached hydrogens (primary N) is 1. The van der Waals surface area contributed by atoms with E-state index < -0.39 is 0 Å². The van der Waals surface area contributed by atoms with Gasteiger partial charge in [0, 0.05) is 13.2 Å². The number of rotatable bonds is 7. The lowest BCUT2D eigenvalue weighted by Crippen LogP contribution is -2.14. The molecule has 0 saturated heterocycles. The molecular weight excluding hydrogens is 202 g/mol. The molecule has 16 heavy (non-hydrogen) atoms. The van der Waals surface area contributed by atoms with Gasteiger partial charge in [-0.1, -0.05) is 6.07 Å². The fraction of sp³-hybridized carbons (Fsp3) is 0.583. The lowest BCUT2D eigenvalue weighted by Gasteiger charge is -2.09. The second-order valence-corrected chi connectivity index (χ2v) is 4.03. The van der Waals surface area contributed by atoms with E-state index in [1.54, 1.807) is 0 Å². The van der Waals surface area contributed by atoms with Crippen molar-refractivity contribution in [3.8, 4) is 0 Å². The molecule has 1 aromatic heterocycles. The monoisotopic (exact) mass is 223 g/mol. The fourth-order valence-electron chi connectivity index (χ4n) is 1.38. The van der Waals surface area contributed by atoms with Crippen LogP contribution in [0.15, 0.2) is 18.2 Å². The molecule has 4 heteroatoms. The lowest BCUT2D eigenvalue weighted by molar-refractivity contribution is 0.110. The predicted octanol–water partition coefficient (Wildman–Crippen LogP) is 1.01. The van der Waals surface area contributed by atoms with E-state index in [4.69, 9.17) is 10.5 Å². The SMILES string of the molecule is CN(C)CCCOCc1cccc(CN)n1. The summed E-state index contributed by atoms with van der Waals surface area (Å²) in [4.78, 5) is 6.51. The minimum atomic E-state index is 0.481. The Morgan fingerprint density at radius 2 is 2.06 bits per heavy atom. The van der Waals surface area contributed by atoms with Crippen LogP contribution in [0.5, 0.6) is 0 Å². The second kappa shape index (κ2) is 7.33. The standard InChI is InChI=1S/C12H21N3O/c1-15(2)7-4-8-16-10-12-6-3-5-11(9-13)14-12/h3,5-6H,4,7-10,13H2,1-2H3. The van der Waals surface area contributed by atoms with Crippen LogP contribution in [-0.4, -0.2) is 37.1 Å². The summed E-state index contributed by atoms with van der Waals surface area (Å²) in [5.41, 5.74) is 7.38. The molecule has 4 nitrogen and oxygen atoms in total. The minimum absolute atomic E-state index is 0.481. The summed E-state index contributed by atoms with van der Waals surface area (Å²) in [6.45, 7) is 2.87. The van der Waals surface area contributed by atoms with Crippen molar-refractivity contribution in [2.75, 3.05) is 27.2 Å². The number of hydrogen-bond donors (Lipinski definition) is 1. The van der Waals surface area contributed by atoms with Gasteiger partial charge in [0.05, 0.1) is 18.0 Å². The van der Waals surface area contributed by atoms with Crippen LogP contribution in [-0.2, 0) is 17.9 Å². The second-order valence-electron chi connectivity index (χ2n) is 4.03. The Kier molecular flexibility index (Phi) is 6.00. The van der Waals surface area contributed by atoms with Crippen LogP contribution in [0.4, 0.5) is 0 Å². The molecule has 2 N–H and O–H groups in total. The van der Waals surface area contributed by atoms with E-state index in [1.807, 2.05) is 18.2 Å². The van der Waals surface area contributed by atoms with Gasteiger partial charge < -0.3 is 15.4 Å². The van der Waals surface area contributed by atoms with Gasteiger partial charge in [-0.05, 0) is 39.2 Å². The van der Waals surface area contributed by atoms with E-state index in [0.29, 0.717) is 13.2 Å². The van der Waals surface area contributed by atoms with Gasteiger partial charge in [0.25, 0.3) is 0 Å². The largest absolute Gasteiger partial charge is 0.375 e. The Hall–Kier alpha value is -0.970. The third-order valence-electron chi connectivity index (χ3n) is 2.22. The molecule has 0 unspecified atom stereocenters. The van der Waals surface area contributed by atoms with Crippen LogP contribution in [0.25, 0.3) is 0 Å². The number of aromatic nitrogens is 1. The summed E-state index contributed by atoms with van der Waals surface area (Å²) in [5, 5.41) is 0.